The van der Waals surface area contributed by atoms with Crippen molar-refractivity contribution in [3.8, 4) is 11.5 Å². The number of phenolic OH excluding ortho intramolecular Hbond substituents is 1. The van der Waals surface area contributed by atoms with E-state index < -0.39 is 0 Å². The second-order valence-corrected chi connectivity index (χ2v) is 11.4. The molecule has 2 rings (SSSR count). The number of phenols is 1. The number of benzene rings is 1. The molecule has 1 aliphatic rings. The maximum absolute atomic E-state index is 10.4. The molecule has 3 atom stereocenters. The summed E-state index contributed by atoms with van der Waals surface area (Å²) in [6, 6.07) is 0. The molecule has 1 aliphatic heterocycles. The van der Waals surface area contributed by atoms with Crippen LogP contribution in [0.1, 0.15) is 135 Å². The summed E-state index contributed by atoms with van der Waals surface area (Å²) in [4.78, 5) is 0. The summed E-state index contributed by atoms with van der Waals surface area (Å²) in [5.74, 6) is 4.04. The van der Waals surface area contributed by atoms with E-state index in [-0.39, 0.29) is 5.60 Å². The summed E-state index contributed by atoms with van der Waals surface area (Å²) in [6.07, 6.45) is 14.1. The molecule has 192 valence electrons. The SMILES string of the molecule is CC.Cc1c(C)c2c(c(C)c1O)CCC(C)(CCCC(C)CCCC(C)CCCC(C)C)O2. The maximum Gasteiger partial charge on any atom is 0.127 e. The molecule has 33 heavy (non-hydrogen) atoms. The molecule has 0 saturated heterocycles. The molecule has 0 radical (unpaired) electrons. The van der Waals surface area contributed by atoms with E-state index in [1.54, 1.807) is 0 Å². The lowest BCUT2D eigenvalue weighted by Gasteiger charge is -2.38. The predicted molar refractivity (Wildman–Crippen MR) is 146 cm³/mol. The van der Waals surface area contributed by atoms with Crippen LogP contribution in [0.15, 0.2) is 0 Å². The first-order valence-corrected chi connectivity index (χ1v) is 14.0. The van der Waals surface area contributed by atoms with Crippen molar-refractivity contribution in [2.75, 3.05) is 0 Å². The zero-order chi connectivity index (χ0) is 25.2. The van der Waals surface area contributed by atoms with Crippen LogP contribution in [0.2, 0.25) is 0 Å². The summed E-state index contributed by atoms with van der Waals surface area (Å²) < 4.78 is 6.60. The quantitative estimate of drug-likeness (QED) is 0.336. The van der Waals surface area contributed by atoms with Crippen molar-refractivity contribution in [2.24, 2.45) is 17.8 Å². The lowest BCUT2D eigenvalue weighted by molar-refractivity contribution is 0.0512. The molecule has 1 aromatic rings. The van der Waals surface area contributed by atoms with Gasteiger partial charge in [-0.2, -0.15) is 0 Å². The third-order valence-electron chi connectivity index (χ3n) is 7.87. The Morgan fingerprint density at radius 3 is 1.85 bits per heavy atom. The molecular weight excluding hydrogens is 404 g/mol. The molecule has 0 saturated carbocycles. The normalized spacial score (nSPS) is 19.4. The lowest BCUT2D eigenvalue weighted by atomic mass is 9.84. The van der Waals surface area contributed by atoms with Gasteiger partial charge in [-0.05, 0) is 87.8 Å². The van der Waals surface area contributed by atoms with Crippen molar-refractivity contribution in [1.29, 1.82) is 0 Å². The Kier molecular flexibility index (Phi) is 12.9. The maximum atomic E-state index is 10.4. The van der Waals surface area contributed by atoms with Crippen LogP contribution in [-0.2, 0) is 6.42 Å². The van der Waals surface area contributed by atoms with Gasteiger partial charge < -0.3 is 9.84 Å². The standard InChI is InChI=1S/C29H50O2.C2H6/c1-20(2)12-9-13-21(3)14-10-15-22(4)16-11-18-29(8)19-17-26-25(7)27(30)23(5)24(6)28(26)31-29;1-2/h20-22,30H,9-19H2,1-8H3;1-2H3. The Morgan fingerprint density at radius 1 is 0.788 bits per heavy atom. The van der Waals surface area contributed by atoms with Crippen molar-refractivity contribution in [3.63, 3.8) is 0 Å². The van der Waals surface area contributed by atoms with Crippen LogP contribution >= 0.6 is 0 Å². The van der Waals surface area contributed by atoms with E-state index in [2.05, 4.69) is 41.5 Å². The van der Waals surface area contributed by atoms with Gasteiger partial charge in [-0.25, -0.2) is 0 Å². The number of fused-ring (bicyclic) bond motifs is 1. The van der Waals surface area contributed by atoms with E-state index in [1.807, 2.05) is 27.7 Å². The average molecular weight is 461 g/mol. The van der Waals surface area contributed by atoms with Crippen LogP contribution in [-0.4, -0.2) is 10.7 Å². The van der Waals surface area contributed by atoms with E-state index in [9.17, 15) is 5.11 Å². The summed E-state index contributed by atoms with van der Waals surface area (Å²) >= 11 is 0. The zero-order valence-electron chi connectivity index (χ0n) is 23.9. The summed E-state index contributed by atoms with van der Waals surface area (Å²) in [5, 5.41) is 10.4. The third-order valence-corrected chi connectivity index (χ3v) is 7.87. The van der Waals surface area contributed by atoms with E-state index in [0.29, 0.717) is 5.75 Å². The minimum atomic E-state index is -0.0712. The molecule has 0 fully saturated rings. The summed E-state index contributed by atoms with van der Waals surface area (Å²) in [6.45, 7) is 21.9. The van der Waals surface area contributed by atoms with Crippen LogP contribution < -0.4 is 4.74 Å². The van der Waals surface area contributed by atoms with Crippen molar-refractivity contribution in [1.82, 2.24) is 0 Å². The molecule has 0 amide bonds. The number of hydrogen-bond acceptors (Lipinski definition) is 2. The highest BCUT2D eigenvalue weighted by molar-refractivity contribution is 5.58. The van der Waals surface area contributed by atoms with Gasteiger partial charge in [0.15, 0.2) is 0 Å². The topological polar surface area (TPSA) is 29.5 Å². The van der Waals surface area contributed by atoms with Crippen LogP contribution in [0.3, 0.4) is 0 Å². The highest BCUT2D eigenvalue weighted by Crippen LogP contribution is 2.44. The van der Waals surface area contributed by atoms with Gasteiger partial charge in [-0.3, -0.25) is 0 Å². The molecule has 1 heterocycles. The van der Waals surface area contributed by atoms with Gasteiger partial charge in [0.25, 0.3) is 0 Å². The summed E-state index contributed by atoms with van der Waals surface area (Å²) in [7, 11) is 0. The van der Waals surface area contributed by atoms with Crippen LogP contribution in [0.5, 0.6) is 11.5 Å². The van der Waals surface area contributed by atoms with Crippen LogP contribution in [0, 0.1) is 38.5 Å². The second kappa shape index (κ2) is 14.3. The molecule has 0 aliphatic carbocycles. The number of rotatable bonds is 12. The first kappa shape index (κ1) is 29.9. The third kappa shape index (κ3) is 9.18. The molecule has 0 bridgehead atoms. The average Bonchev–Trinajstić information content (AvgIpc) is 2.77. The van der Waals surface area contributed by atoms with E-state index in [4.69, 9.17) is 4.74 Å². The Morgan fingerprint density at radius 2 is 1.30 bits per heavy atom. The number of hydrogen-bond donors (Lipinski definition) is 1. The molecule has 2 nitrogen and oxygen atoms in total. The predicted octanol–water partition coefficient (Wildman–Crippen LogP) is 9.87. The van der Waals surface area contributed by atoms with Crippen molar-refractivity contribution >= 4 is 0 Å². The lowest BCUT2D eigenvalue weighted by Crippen LogP contribution is -2.37. The minimum Gasteiger partial charge on any atom is -0.507 e. The van der Waals surface area contributed by atoms with Gasteiger partial charge >= 0.3 is 0 Å². The van der Waals surface area contributed by atoms with Gasteiger partial charge in [0.05, 0.1) is 0 Å². The van der Waals surface area contributed by atoms with Crippen molar-refractivity contribution in [3.05, 3.63) is 22.3 Å². The molecule has 1 aromatic carbocycles. The second-order valence-electron chi connectivity index (χ2n) is 11.4. The van der Waals surface area contributed by atoms with Gasteiger partial charge in [-0.15, -0.1) is 0 Å². The first-order chi connectivity index (χ1) is 15.5. The Bertz CT molecular complexity index is 706. The molecule has 1 N–H and O–H groups in total. The molecule has 2 heteroatoms. The monoisotopic (exact) mass is 460 g/mol. The molecule has 0 aromatic heterocycles. The van der Waals surface area contributed by atoms with Crippen molar-refractivity contribution in [2.45, 2.75) is 145 Å². The Labute approximate surface area is 206 Å². The summed E-state index contributed by atoms with van der Waals surface area (Å²) in [5.41, 5.74) is 4.23. The van der Waals surface area contributed by atoms with Crippen LogP contribution in [0.4, 0.5) is 0 Å². The number of ether oxygens (including phenoxy) is 1. The highest BCUT2D eigenvalue weighted by atomic mass is 16.5. The fraction of sp³-hybridized carbons (Fsp3) is 0.806. The Hall–Kier alpha value is -1.18. The smallest absolute Gasteiger partial charge is 0.127 e. The largest absolute Gasteiger partial charge is 0.507 e. The van der Waals surface area contributed by atoms with Crippen LogP contribution in [0.25, 0.3) is 0 Å². The fourth-order valence-corrected chi connectivity index (χ4v) is 5.27. The van der Waals surface area contributed by atoms with Gasteiger partial charge in [0.1, 0.15) is 17.1 Å². The number of aromatic hydroxyl groups is 1. The Balaban J connectivity index is 0.00000265. The minimum absolute atomic E-state index is 0.0712. The highest BCUT2D eigenvalue weighted by Gasteiger charge is 2.34. The fourth-order valence-electron chi connectivity index (χ4n) is 5.27. The molecule has 3 unspecified atom stereocenters. The van der Waals surface area contributed by atoms with Gasteiger partial charge in [0, 0.05) is 5.56 Å². The van der Waals surface area contributed by atoms with Crippen molar-refractivity contribution < 1.29 is 9.84 Å². The van der Waals surface area contributed by atoms with E-state index >= 15 is 0 Å². The first-order valence-electron chi connectivity index (χ1n) is 14.0. The molecular formula is C31H56O2. The van der Waals surface area contributed by atoms with Gasteiger partial charge in [0.2, 0.25) is 0 Å². The zero-order valence-corrected chi connectivity index (χ0v) is 23.9. The van der Waals surface area contributed by atoms with E-state index in [0.717, 1.165) is 59.5 Å². The van der Waals surface area contributed by atoms with Gasteiger partial charge in [-0.1, -0.05) is 86.5 Å². The van der Waals surface area contributed by atoms with E-state index in [1.165, 1.54) is 56.9 Å². The molecule has 0 spiro atoms.